The highest BCUT2D eigenvalue weighted by Gasteiger charge is 2.29. The Labute approximate surface area is 195 Å². The van der Waals surface area contributed by atoms with E-state index in [9.17, 15) is 13.2 Å². The van der Waals surface area contributed by atoms with Gasteiger partial charge in [-0.2, -0.15) is 0 Å². The van der Waals surface area contributed by atoms with Crippen molar-refractivity contribution < 1.29 is 13.2 Å². The Morgan fingerprint density at radius 2 is 1.59 bits per heavy atom. The SMILES string of the molecule is Cc1ccc(S(=O)(=O)N(CC(=O)NC(C)c2ccc(C)cc2C)c2ccccc2Cl)cc1. The molecule has 1 unspecified atom stereocenters. The smallest absolute Gasteiger partial charge is 0.264 e. The number of nitrogens with zero attached hydrogens (tertiary/aromatic N) is 1. The minimum Gasteiger partial charge on any atom is -0.348 e. The summed E-state index contributed by atoms with van der Waals surface area (Å²) in [5.41, 5.74) is 4.37. The van der Waals surface area contributed by atoms with Gasteiger partial charge in [-0.15, -0.1) is 0 Å². The van der Waals surface area contributed by atoms with Crippen LogP contribution < -0.4 is 9.62 Å². The van der Waals surface area contributed by atoms with Crippen LogP contribution in [0.1, 0.15) is 35.2 Å². The zero-order valence-corrected chi connectivity index (χ0v) is 20.2. The Morgan fingerprint density at radius 1 is 0.969 bits per heavy atom. The van der Waals surface area contributed by atoms with Crippen molar-refractivity contribution in [2.45, 2.75) is 38.6 Å². The summed E-state index contributed by atoms with van der Waals surface area (Å²) in [5.74, 6) is -0.423. The number of carbonyl (C=O) groups is 1. The Morgan fingerprint density at radius 3 is 2.22 bits per heavy atom. The van der Waals surface area contributed by atoms with E-state index in [4.69, 9.17) is 11.6 Å². The third-order valence-corrected chi connectivity index (χ3v) is 7.38. The first kappa shape index (κ1) is 23.8. The van der Waals surface area contributed by atoms with Gasteiger partial charge in [-0.25, -0.2) is 8.42 Å². The first-order valence-corrected chi connectivity index (χ1v) is 12.1. The maximum Gasteiger partial charge on any atom is 0.264 e. The monoisotopic (exact) mass is 470 g/mol. The Balaban J connectivity index is 1.91. The standard InChI is InChI=1S/C25H27ClN2O3S/c1-17-9-12-21(13-10-17)32(30,31)28(24-8-6-5-7-23(24)26)16-25(29)27-20(4)22-14-11-18(2)15-19(22)3/h5-15,20H,16H2,1-4H3,(H,27,29). The lowest BCUT2D eigenvalue weighted by Crippen LogP contribution is -2.41. The molecule has 0 saturated heterocycles. The van der Waals surface area contributed by atoms with Gasteiger partial charge in [-0.3, -0.25) is 9.10 Å². The van der Waals surface area contributed by atoms with Crippen LogP contribution in [0.3, 0.4) is 0 Å². The summed E-state index contributed by atoms with van der Waals surface area (Å²) in [5, 5.41) is 3.17. The maximum atomic E-state index is 13.5. The van der Waals surface area contributed by atoms with Crippen molar-refractivity contribution in [3.63, 3.8) is 0 Å². The second kappa shape index (κ2) is 9.76. The molecule has 0 bridgehead atoms. The molecule has 5 nitrogen and oxygen atoms in total. The highest BCUT2D eigenvalue weighted by molar-refractivity contribution is 7.92. The predicted octanol–water partition coefficient (Wildman–Crippen LogP) is 5.34. The van der Waals surface area contributed by atoms with E-state index in [0.717, 1.165) is 26.6 Å². The normalized spacial score (nSPS) is 12.3. The lowest BCUT2D eigenvalue weighted by Gasteiger charge is -2.26. The van der Waals surface area contributed by atoms with Gasteiger partial charge in [0.15, 0.2) is 0 Å². The molecule has 0 aliphatic carbocycles. The van der Waals surface area contributed by atoms with Crippen LogP contribution in [0.15, 0.2) is 71.6 Å². The number of sulfonamides is 1. The second-order valence-corrected chi connectivity index (χ2v) is 10.2. The quantitative estimate of drug-likeness (QED) is 0.507. The van der Waals surface area contributed by atoms with E-state index in [1.807, 2.05) is 39.8 Å². The van der Waals surface area contributed by atoms with Crippen molar-refractivity contribution in [2.75, 3.05) is 10.8 Å². The van der Waals surface area contributed by atoms with Crippen LogP contribution >= 0.6 is 11.6 Å². The molecule has 0 spiro atoms. The summed E-state index contributed by atoms with van der Waals surface area (Å²) in [6, 6.07) is 18.8. The van der Waals surface area contributed by atoms with Gasteiger partial charge in [-0.05, 0) is 63.1 Å². The summed E-state index contributed by atoms with van der Waals surface area (Å²) in [6.07, 6.45) is 0. The Kier molecular flexibility index (Phi) is 7.26. The van der Waals surface area contributed by atoms with Crippen molar-refractivity contribution in [1.29, 1.82) is 0 Å². The highest BCUT2D eigenvalue weighted by atomic mass is 35.5. The van der Waals surface area contributed by atoms with Crippen molar-refractivity contribution in [2.24, 2.45) is 0 Å². The molecule has 32 heavy (non-hydrogen) atoms. The number of para-hydroxylation sites is 1. The molecule has 7 heteroatoms. The molecule has 0 aromatic heterocycles. The molecule has 3 rings (SSSR count). The molecule has 0 aliphatic heterocycles. The van der Waals surface area contributed by atoms with E-state index < -0.39 is 22.5 Å². The van der Waals surface area contributed by atoms with Crippen LogP contribution in [0.5, 0.6) is 0 Å². The number of rotatable bonds is 7. The van der Waals surface area contributed by atoms with Crippen LogP contribution in [-0.4, -0.2) is 20.9 Å². The van der Waals surface area contributed by atoms with Crippen molar-refractivity contribution >= 4 is 33.2 Å². The van der Waals surface area contributed by atoms with Gasteiger partial charge in [0.05, 0.1) is 21.6 Å². The molecular formula is C25H27ClN2O3S. The third-order valence-electron chi connectivity index (χ3n) is 5.29. The Hall–Kier alpha value is -2.83. The van der Waals surface area contributed by atoms with E-state index in [-0.39, 0.29) is 21.6 Å². The molecule has 1 N–H and O–H groups in total. The Bertz CT molecular complexity index is 1220. The molecule has 0 fully saturated rings. The number of benzene rings is 3. The zero-order chi connectivity index (χ0) is 23.5. The number of hydrogen-bond donors (Lipinski definition) is 1. The number of carbonyl (C=O) groups excluding carboxylic acids is 1. The number of amides is 1. The molecular weight excluding hydrogens is 444 g/mol. The maximum absolute atomic E-state index is 13.5. The molecule has 0 saturated carbocycles. The average Bonchev–Trinajstić information content (AvgIpc) is 2.72. The number of hydrogen-bond acceptors (Lipinski definition) is 3. The van der Waals surface area contributed by atoms with Gasteiger partial charge in [0.1, 0.15) is 6.54 Å². The fourth-order valence-electron chi connectivity index (χ4n) is 3.60. The number of nitrogens with one attached hydrogen (secondary N) is 1. The first-order chi connectivity index (χ1) is 15.1. The van der Waals surface area contributed by atoms with Crippen LogP contribution in [0.2, 0.25) is 5.02 Å². The number of aryl methyl sites for hydroxylation is 3. The molecule has 1 atom stereocenters. The van der Waals surface area contributed by atoms with Gasteiger partial charge in [0, 0.05) is 0 Å². The summed E-state index contributed by atoms with van der Waals surface area (Å²) in [7, 11) is -4.01. The molecule has 0 heterocycles. The molecule has 0 radical (unpaired) electrons. The van der Waals surface area contributed by atoms with Crippen molar-refractivity contribution in [1.82, 2.24) is 5.32 Å². The number of anilines is 1. The van der Waals surface area contributed by atoms with Gasteiger partial charge >= 0.3 is 0 Å². The van der Waals surface area contributed by atoms with Gasteiger partial charge in [-0.1, -0.05) is 65.2 Å². The molecule has 3 aromatic rings. The summed E-state index contributed by atoms with van der Waals surface area (Å²) >= 11 is 6.32. The fourth-order valence-corrected chi connectivity index (χ4v) is 5.33. The van der Waals surface area contributed by atoms with E-state index in [2.05, 4.69) is 11.4 Å². The molecule has 1 amide bonds. The molecule has 168 valence electrons. The predicted molar refractivity (Wildman–Crippen MR) is 130 cm³/mol. The lowest BCUT2D eigenvalue weighted by atomic mass is 10.0. The minimum atomic E-state index is -4.01. The largest absolute Gasteiger partial charge is 0.348 e. The highest BCUT2D eigenvalue weighted by Crippen LogP contribution is 2.30. The van der Waals surface area contributed by atoms with Gasteiger partial charge in [0.25, 0.3) is 10.0 Å². The second-order valence-electron chi connectivity index (χ2n) is 7.93. The fraction of sp³-hybridized carbons (Fsp3) is 0.240. The topological polar surface area (TPSA) is 66.5 Å². The van der Waals surface area contributed by atoms with Crippen LogP contribution in [0.25, 0.3) is 0 Å². The minimum absolute atomic E-state index is 0.0956. The molecule has 3 aromatic carbocycles. The van der Waals surface area contributed by atoms with Crippen LogP contribution in [-0.2, 0) is 14.8 Å². The van der Waals surface area contributed by atoms with E-state index in [1.54, 1.807) is 36.4 Å². The van der Waals surface area contributed by atoms with E-state index in [0.29, 0.717) is 0 Å². The first-order valence-electron chi connectivity index (χ1n) is 10.3. The summed E-state index contributed by atoms with van der Waals surface area (Å²) in [4.78, 5) is 13.1. The van der Waals surface area contributed by atoms with Gasteiger partial charge in [0.2, 0.25) is 5.91 Å². The third kappa shape index (κ3) is 5.31. The lowest BCUT2D eigenvalue weighted by molar-refractivity contribution is -0.120. The van der Waals surface area contributed by atoms with E-state index in [1.165, 1.54) is 12.1 Å². The average molecular weight is 471 g/mol. The summed E-state index contributed by atoms with van der Waals surface area (Å²) < 4.78 is 28.0. The van der Waals surface area contributed by atoms with Crippen LogP contribution in [0.4, 0.5) is 5.69 Å². The summed E-state index contributed by atoms with van der Waals surface area (Å²) in [6.45, 7) is 7.36. The number of halogens is 1. The molecule has 0 aliphatic rings. The van der Waals surface area contributed by atoms with Crippen molar-refractivity contribution in [3.8, 4) is 0 Å². The van der Waals surface area contributed by atoms with Gasteiger partial charge < -0.3 is 5.32 Å². The zero-order valence-electron chi connectivity index (χ0n) is 18.6. The van der Waals surface area contributed by atoms with E-state index >= 15 is 0 Å². The van der Waals surface area contributed by atoms with Crippen LogP contribution in [0, 0.1) is 20.8 Å². The van der Waals surface area contributed by atoms with Crippen molar-refractivity contribution in [3.05, 3.63) is 94.0 Å².